The van der Waals surface area contributed by atoms with Gasteiger partial charge in [-0.3, -0.25) is 0 Å². The summed E-state index contributed by atoms with van der Waals surface area (Å²) in [6.07, 6.45) is 0. The number of benzene rings is 1. The summed E-state index contributed by atoms with van der Waals surface area (Å²) in [5.74, 6) is 0.811. The third-order valence-electron chi connectivity index (χ3n) is 1.79. The third-order valence-corrected chi connectivity index (χ3v) is 2.93. The normalized spacial score (nSPS) is 10.6. The number of nitrogens with zero attached hydrogens (tertiary/aromatic N) is 4. The molecule has 0 spiro atoms. The van der Waals surface area contributed by atoms with Gasteiger partial charge < -0.3 is 0 Å². The van der Waals surface area contributed by atoms with E-state index in [1.54, 1.807) is 16.8 Å². The van der Waals surface area contributed by atoms with Crippen molar-refractivity contribution in [2.75, 3.05) is 0 Å². The second-order valence-corrected chi connectivity index (χ2v) is 4.29. The third kappa shape index (κ3) is 2.14. The van der Waals surface area contributed by atoms with Crippen molar-refractivity contribution in [3.8, 4) is 5.69 Å². The van der Waals surface area contributed by atoms with Crippen LogP contribution >= 0.6 is 39.1 Å². The second kappa shape index (κ2) is 4.47. The highest BCUT2D eigenvalue weighted by atomic mass is 79.9. The molecule has 0 saturated heterocycles. The fourth-order valence-corrected chi connectivity index (χ4v) is 1.87. The first kappa shape index (κ1) is 10.9. The maximum atomic E-state index is 5.89. The van der Waals surface area contributed by atoms with E-state index in [0.717, 1.165) is 10.2 Å². The Morgan fingerprint density at radius 3 is 2.93 bits per heavy atom. The van der Waals surface area contributed by atoms with Crippen molar-refractivity contribution in [1.82, 2.24) is 20.2 Å². The molecule has 0 amide bonds. The average Bonchev–Trinajstić information content (AvgIpc) is 2.69. The maximum absolute atomic E-state index is 5.89. The van der Waals surface area contributed by atoms with Crippen LogP contribution in [0, 0.1) is 0 Å². The highest BCUT2D eigenvalue weighted by Gasteiger charge is 2.10. The first-order valence-electron chi connectivity index (χ1n) is 4.01. The summed E-state index contributed by atoms with van der Waals surface area (Å²) in [4.78, 5) is 0. The van der Waals surface area contributed by atoms with Gasteiger partial charge in [0.2, 0.25) is 0 Å². The fraction of sp³-hybridized carbons (Fsp3) is 0.125. The van der Waals surface area contributed by atoms with E-state index in [1.807, 2.05) is 6.07 Å². The summed E-state index contributed by atoms with van der Waals surface area (Å²) < 4.78 is 2.40. The molecule has 0 unspecified atom stereocenters. The number of rotatable bonds is 2. The molecular formula is C8H5BrCl2N4. The Morgan fingerprint density at radius 1 is 1.40 bits per heavy atom. The number of hydrogen-bond donors (Lipinski definition) is 0. The minimum absolute atomic E-state index is 0.242. The van der Waals surface area contributed by atoms with E-state index in [0.29, 0.717) is 10.8 Å². The lowest BCUT2D eigenvalue weighted by Crippen LogP contribution is -2.02. The van der Waals surface area contributed by atoms with Crippen molar-refractivity contribution in [1.29, 1.82) is 0 Å². The molecule has 15 heavy (non-hydrogen) atoms. The maximum Gasteiger partial charge on any atom is 0.171 e. The molecule has 1 aromatic carbocycles. The summed E-state index contributed by atoms with van der Waals surface area (Å²) in [5.41, 5.74) is 0.767. The van der Waals surface area contributed by atoms with Gasteiger partial charge in [-0.1, -0.05) is 11.6 Å². The monoisotopic (exact) mass is 306 g/mol. The van der Waals surface area contributed by atoms with Gasteiger partial charge in [-0.2, -0.15) is 4.68 Å². The minimum Gasteiger partial charge on any atom is -0.195 e. The standard InChI is InChI=1S/C8H5BrCl2N4/c9-6-2-1-5(11)3-7(6)15-8(4-10)12-13-14-15/h1-3H,4H2. The Labute approximate surface area is 104 Å². The van der Waals surface area contributed by atoms with Gasteiger partial charge in [-0.15, -0.1) is 16.7 Å². The van der Waals surface area contributed by atoms with Crippen LogP contribution in [0.1, 0.15) is 5.82 Å². The van der Waals surface area contributed by atoms with Crippen molar-refractivity contribution in [3.05, 3.63) is 33.5 Å². The smallest absolute Gasteiger partial charge is 0.171 e. The molecule has 0 atom stereocenters. The largest absolute Gasteiger partial charge is 0.195 e. The second-order valence-electron chi connectivity index (χ2n) is 2.74. The van der Waals surface area contributed by atoms with Crippen LogP contribution in [0.15, 0.2) is 22.7 Å². The van der Waals surface area contributed by atoms with Gasteiger partial charge in [0, 0.05) is 9.50 Å². The van der Waals surface area contributed by atoms with Gasteiger partial charge in [0.25, 0.3) is 0 Å². The first-order valence-corrected chi connectivity index (χ1v) is 5.71. The van der Waals surface area contributed by atoms with Crippen LogP contribution in [0.25, 0.3) is 5.69 Å². The average molecular weight is 308 g/mol. The fourth-order valence-electron chi connectivity index (χ4n) is 1.12. The molecule has 0 radical (unpaired) electrons. The molecule has 0 bridgehead atoms. The minimum atomic E-state index is 0.242. The lowest BCUT2D eigenvalue weighted by molar-refractivity contribution is 0.774. The van der Waals surface area contributed by atoms with Gasteiger partial charge in [0.05, 0.1) is 11.6 Å². The molecule has 1 heterocycles. The van der Waals surface area contributed by atoms with Gasteiger partial charge in [-0.25, -0.2) is 0 Å². The SMILES string of the molecule is ClCc1nnnn1-c1cc(Cl)ccc1Br. The van der Waals surface area contributed by atoms with Crippen molar-refractivity contribution < 1.29 is 0 Å². The molecule has 0 fully saturated rings. The van der Waals surface area contributed by atoms with Crippen molar-refractivity contribution in [2.24, 2.45) is 0 Å². The molecule has 2 aromatic rings. The quantitative estimate of drug-likeness (QED) is 0.801. The summed E-state index contributed by atoms with van der Waals surface area (Å²) >= 11 is 15.0. The molecule has 4 nitrogen and oxygen atoms in total. The Morgan fingerprint density at radius 2 is 2.20 bits per heavy atom. The van der Waals surface area contributed by atoms with Gasteiger partial charge in [-0.05, 0) is 44.6 Å². The zero-order chi connectivity index (χ0) is 10.8. The van der Waals surface area contributed by atoms with Crippen LogP contribution < -0.4 is 0 Å². The van der Waals surface area contributed by atoms with E-state index < -0.39 is 0 Å². The Kier molecular flexibility index (Phi) is 3.23. The van der Waals surface area contributed by atoms with Crippen LogP contribution in [0.2, 0.25) is 5.02 Å². The lowest BCUT2D eigenvalue weighted by Gasteiger charge is -2.05. The van der Waals surface area contributed by atoms with E-state index >= 15 is 0 Å². The van der Waals surface area contributed by atoms with Crippen LogP contribution in [0.5, 0.6) is 0 Å². The van der Waals surface area contributed by atoms with E-state index in [4.69, 9.17) is 23.2 Å². The number of alkyl halides is 1. The van der Waals surface area contributed by atoms with Crippen LogP contribution in [0.3, 0.4) is 0 Å². The summed E-state index contributed by atoms with van der Waals surface area (Å²) in [5, 5.41) is 11.8. The van der Waals surface area contributed by atoms with Gasteiger partial charge >= 0.3 is 0 Å². The highest BCUT2D eigenvalue weighted by molar-refractivity contribution is 9.10. The number of tetrazole rings is 1. The molecule has 78 valence electrons. The van der Waals surface area contributed by atoms with Gasteiger partial charge in [0.1, 0.15) is 0 Å². The Balaban J connectivity index is 2.58. The topological polar surface area (TPSA) is 43.6 Å². The number of halogens is 3. The van der Waals surface area contributed by atoms with E-state index in [-0.39, 0.29) is 5.88 Å². The first-order chi connectivity index (χ1) is 7.22. The Bertz CT molecular complexity index is 485. The van der Waals surface area contributed by atoms with E-state index in [1.165, 1.54) is 0 Å². The molecule has 7 heteroatoms. The molecule has 1 aromatic heterocycles. The predicted octanol–water partition coefficient (Wildman–Crippen LogP) is 2.82. The Hall–Kier alpha value is -0.650. The van der Waals surface area contributed by atoms with E-state index in [9.17, 15) is 0 Å². The lowest BCUT2D eigenvalue weighted by atomic mass is 10.3. The summed E-state index contributed by atoms with van der Waals surface area (Å²) in [6.45, 7) is 0. The number of aromatic nitrogens is 4. The van der Waals surface area contributed by atoms with E-state index in [2.05, 4.69) is 31.5 Å². The number of hydrogen-bond acceptors (Lipinski definition) is 3. The summed E-state index contributed by atoms with van der Waals surface area (Å²) in [6, 6.07) is 5.37. The molecular weight excluding hydrogens is 303 g/mol. The zero-order valence-corrected chi connectivity index (χ0v) is 10.5. The molecule has 0 saturated carbocycles. The van der Waals surface area contributed by atoms with Crippen molar-refractivity contribution >= 4 is 39.1 Å². The molecule has 2 rings (SSSR count). The predicted molar refractivity (Wildman–Crippen MR) is 61.4 cm³/mol. The highest BCUT2D eigenvalue weighted by Crippen LogP contribution is 2.24. The molecule has 0 aliphatic carbocycles. The molecule has 0 aliphatic heterocycles. The van der Waals surface area contributed by atoms with Crippen molar-refractivity contribution in [3.63, 3.8) is 0 Å². The van der Waals surface area contributed by atoms with Gasteiger partial charge in [0.15, 0.2) is 5.82 Å². The summed E-state index contributed by atoms with van der Waals surface area (Å²) in [7, 11) is 0. The molecule has 0 aliphatic rings. The van der Waals surface area contributed by atoms with Crippen LogP contribution in [-0.2, 0) is 5.88 Å². The van der Waals surface area contributed by atoms with Crippen LogP contribution in [0.4, 0.5) is 0 Å². The molecule has 0 N–H and O–H groups in total. The zero-order valence-electron chi connectivity index (χ0n) is 7.36. The van der Waals surface area contributed by atoms with Crippen LogP contribution in [-0.4, -0.2) is 20.2 Å². The van der Waals surface area contributed by atoms with Crippen molar-refractivity contribution in [2.45, 2.75) is 5.88 Å².